The maximum Gasteiger partial charge on any atom is 0.338 e. The standard InChI is InChI=1S/C8H12O3/c1-4-10-8(9)7-6(11-7)5(2)3/h6-7H,2,4H2,1,3H3. The highest BCUT2D eigenvalue weighted by Crippen LogP contribution is 2.28. The van der Waals surface area contributed by atoms with Crippen LogP contribution in [0, 0.1) is 0 Å². The fraction of sp³-hybridized carbons (Fsp3) is 0.625. The van der Waals surface area contributed by atoms with Gasteiger partial charge in [-0.25, -0.2) is 4.79 Å². The van der Waals surface area contributed by atoms with E-state index >= 15 is 0 Å². The topological polar surface area (TPSA) is 38.8 Å². The smallest absolute Gasteiger partial charge is 0.338 e. The van der Waals surface area contributed by atoms with Crippen molar-refractivity contribution in [1.29, 1.82) is 0 Å². The molecule has 0 bridgehead atoms. The molecule has 1 saturated heterocycles. The monoisotopic (exact) mass is 156 g/mol. The summed E-state index contributed by atoms with van der Waals surface area (Å²) < 4.78 is 9.76. The number of carbonyl (C=O) groups is 1. The first kappa shape index (κ1) is 8.27. The third-order valence-corrected chi connectivity index (χ3v) is 1.50. The zero-order valence-electron chi connectivity index (χ0n) is 6.79. The molecule has 1 heterocycles. The first-order valence-electron chi connectivity index (χ1n) is 3.64. The number of hydrogen-bond donors (Lipinski definition) is 0. The molecule has 1 aliphatic heterocycles. The van der Waals surface area contributed by atoms with Crippen LogP contribution in [-0.2, 0) is 14.3 Å². The predicted octanol–water partition coefficient (Wildman–Crippen LogP) is 0.893. The maximum atomic E-state index is 10.9. The largest absolute Gasteiger partial charge is 0.464 e. The van der Waals surface area contributed by atoms with Gasteiger partial charge in [-0.05, 0) is 19.4 Å². The van der Waals surface area contributed by atoms with Gasteiger partial charge in [-0.3, -0.25) is 0 Å². The van der Waals surface area contributed by atoms with E-state index in [-0.39, 0.29) is 18.2 Å². The number of rotatable bonds is 3. The summed E-state index contributed by atoms with van der Waals surface area (Å²) in [6.45, 7) is 7.69. The van der Waals surface area contributed by atoms with Crippen molar-refractivity contribution in [2.45, 2.75) is 26.1 Å². The van der Waals surface area contributed by atoms with E-state index < -0.39 is 0 Å². The van der Waals surface area contributed by atoms with Crippen molar-refractivity contribution < 1.29 is 14.3 Å². The molecule has 1 fully saturated rings. The van der Waals surface area contributed by atoms with Crippen LogP contribution in [0.25, 0.3) is 0 Å². The lowest BCUT2D eigenvalue weighted by Crippen LogP contribution is -2.13. The Balaban J connectivity index is 2.32. The fourth-order valence-corrected chi connectivity index (χ4v) is 0.891. The normalized spacial score (nSPS) is 27.8. The Bertz CT molecular complexity index is 186. The third kappa shape index (κ3) is 1.80. The molecule has 3 nitrogen and oxygen atoms in total. The van der Waals surface area contributed by atoms with Crippen LogP contribution in [0.15, 0.2) is 12.2 Å². The molecule has 0 aromatic carbocycles. The molecule has 0 radical (unpaired) electrons. The molecular formula is C8H12O3. The van der Waals surface area contributed by atoms with Crippen LogP contribution in [-0.4, -0.2) is 24.8 Å². The van der Waals surface area contributed by atoms with E-state index in [4.69, 9.17) is 9.47 Å². The zero-order chi connectivity index (χ0) is 8.43. The number of epoxide rings is 1. The minimum atomic E-state index is -0.382. The molecule has 0 aromatic heterocycles. The molecule has 2 unspecified atom stereocenters. The third-order valence-electron chi connectivity index (χ3n) is 1.50. The Morgan fingerprint density at radius 1 is 1.64 bits per heavy atom. The van der Waals surface area contributed by atoms with E-state index in [9.17, 15) is 4.79 Å². The highest BCUT2D eigenvalue weighted by atomic mass is 16.6. The van der Waals surface area contributed by atoms with Gasteiger partial charge in [-0.1, -0.05) is 6.58 Å². The van der Waals surface area contributed by atoms with Crippen LogP contribution < -0.4 is 0 Å². The van der Waals surface area contributed by atoms with Crippen LogP contribution in [0.5, 0.6) is 0 Å². The number of esters is 1. The summed E-state index contributed by atoms with van der Waals surface area (Å²) in [5, 5.41) is 0. The van der Waals surface area contributed by atoms with Crippen molar-refractivity contribution in [3.05, 3.63) is 12.2 Å². The summed E-state index contributed by atoms with van der Waals surface area (Å²) in [6.07, 6.45) is -0.485. The SMILES string of the molecule is C=C(C)C1OC1C(=O)OCC. The van der Waals surface area contributed by atoms with Gasteiger partial charge in [0.05, 0.1) is 6.61 Å². The molecule has 2 atom stereocenters. The van der Waals surface area contributed by atoms with Gasteiger partial charge >= 0.3 is 5.97 Å². The second-order valence-corrected chi connectivity index (χ2v) is 2.58. The van der Waals surface area contributed by atoms with Crippen LogP contribution in [0.3, 0.4) is 0 Å². The lowest BCUT2D eigenvalue weighted by atomic mass is 10.2. The summed E-state index contributed by atoms with van der Waals surface area (Å²) in [6, 6.07) is 0. The summed E-state index contributed by atoms with van der Waals surface area (Å²) in [4.78, 5) is 10.9. The minimum Gasteiger partial charge on any atom is -0.464 e. The van der Waals surface area contributed by atoms with Crippen molar-refractivity contribution in [3.63, 3.8) is 0 Å². The van der Waals surface area contributed by atoms with Crippen LogP contribution in [0.1, 0.15) is 13.8 Å². The van der Waals surface area contributed by atoms with Gasteiger partial charge in [0.2, 0.25) is 0 Å². The van der Waals surface area contributed by atoms with E-state index in [2.05, 4.69) is 6.58 Å². The number of hydrogen-bond acceptors (Lipinski definition) is 3. The summed E-state index contributed by atoms with van der Waals surface area (Å²) in [5.41, 5.74) is 0.878. The van der Waals surface area contributed by atoms with E-state index in [0.717, 1.165) is 5.57 Å². The molecule has 0 saturated carbocycles. The van der Waals surface area contributed by atoms with E-state index in [1.807, 2.05) is 6.92 Å². The highest BCUT2D eigenvalue weighted by Gasteiger charge is 2.46. The molecule has 0 aliphatic carbocycles. The van der Waals surface area contributed by atoms with E-state index in [1.54, 1.807) is 6.92 Å². The minimum absolute atomic E-state index is 0.103. The molecule has 11 heavy (non-hydrogen) atoms. The Labute approximate surface area is 66.0 Å². The second-order valence-electron chi connectivity index (χ2n) is 2.58. The molecule has 0 spiro atoms. The fourth-order valence-electron chi connectivity index (χ4n) is 0.891. The van der Waals surface area contributed by atoms with Gasteiger partial charge in [0.25, 0.3) is 0 Å². The van der Waals surface area contributed by atoms with Crippen LogP contribution in [0.4, 0.5) is 0 Å². The lowest BCUT2D eigenvalue weighted by Gasteiger charge is -1.95. The van der Waals surface area contributed by atoms with Gasteiger partial charge in [0.15, 0.2) is 6.10 Å². The highest BCUT2D eigenvalue weighted by molar-refractivity contribution is 5.78. The Hall–Kier alpha value is -0.830. The van der Waals surface area contributed by atoms with E-state index in [0.29, 0.717) is 6.61 Å². The predicted molar refractivity (Wildman–Crippen MR) is 40.1 cm³/mol. The molecule has 3 heteroatoms. The van der Waals surface area contributed by atoms with Crippen molar-refractivity contribution in [2.75, 3.05) is 6.61 Å². The molecular weight excluding hydrogens is 144 g/mol. The first-order valence-corrected chi connectivity index (χ1v) is 3.64. The quantitative estimate of drug-likeness (QED) is 0.346. The van der Waals surface area contributed by atoms with Crippen molar-refractivity contribution in [1.82, 2.24) is 0 Å². The van der Waals surface area contributed by atoms with Crippen molar-refractivity contribution >= 4 is 5.97 Å². The Morgan fingerprint density at radius 2 is 2.27 bits per heavy atom. The van der Waals surface area contributed by atoms with Crippen LogP contribution >= 0.6 is 0 Å². The summed E-state index contributed by atoms with van der Waals surface area (Å²) >= 11 is 0. The lowest BCUT2D eigenvalue weighted by molar-refractivity contribution is -0.144. The number of ether oxygens (including phenoxy) is 2. The molecule has 0 N–H and O–H groups in total. The summed E-state index contributed by atoms with van der Waals surface area (Å²) in [7, 11) is 0. The average Bonchev–Trinajstić information content (AvgIpc) is 2.65. The molecule has 0 amide bonds. The van der Waals surface area contributed by atoms with Gasteiger partial charge in [-0.15, -0.1) is 0 Å². The van der Waals surface area contributed by atoms with Gasteiger partial charge in [-0.2, -0.15) is 0 Å². The molecule has 0 aromatic rings. The van der Waals surface area contributed by atoms with Gasteiger partial charge in [0, 0.05) is 0 Å². The average molecular weight is 156 g/mol. The molecule has 1 aliphatic rings. The van der Waals surface area contributed by atoms with Crippen molar-refractivity contribution in [3.8, 4) is 0 Å². The Kier molecular flexibility index (Phi) is 2.29. The maximum absolute atomic E-state index is 10.9. The van der Waals surface area contributed by atoms with Gasteiger partial charge in [0.1, 0.15) is 6.10 Å². The summed E-state index contributed by atoms with van der Waals surface area (Å²) in [5.74, 6) is -0.277. The van der Waals surface area contributed by atoms with Gasteiger partial charge < -0.3 is 9.47 Å². The Morgan fingerprint density at radius 3 is 2.64 bits per heavy atom. The second kappa shape index (κ2) is 3.05. The van der Waals surface area contributed by atoms with Crippen LogP contribution in [0.2, 0.25) is 0 Å². The molecule has 1 rings (SSSR count). The number of carbonyl (C=O) groups excluding carboxylic acids is 1. The molecule has 62 valence electrons. The zero-order valence-corrected chi connectivity index (χ0v) is 6.79. The first-order chi connectivity index (χ1) is 5.16. The van der Waals surface area contributed by atoms with Crippen molar-refractivity contribution in [2.24, 2.45) is 0 Å². The van der Waals surface area contributed by atoms with E-state index in [1.165, 1.54) is 0 Å².